The van der Waals surface area contributed by atoms with E-state index in [1.54, 1.807) is 12.3 Å². The highest BCUT2D eigenvalue weighted by atomic mass is 35.5. The molecule has 1 fully saturated rings. The number of pyridine rings is 1. The highest BCUT2D eigenvalue weighted by Gasteiger charge is 2.25. The number of rotatable bonds is 5. The van der Waals surface area contributed by atoms with E-state index in [0.29, 0.717) is 23.9 Å². The van der Waals surface area contributed by atoms with E-state index in [0.717, 1.165) is 31.0 Å². The second-order valence-electron chi connectivity index (χ2n) is 6.17. The van der Waals surface area contributed by atoms with Crippen molar-refractivity contribution in [2.75, 3.05) is 24.5 Å². The van der Waals surface area contributed by atoms with E-state index < -0.39 is 0 Å². The molecule has 3 rings (SSSR count). The zero-order valence-electron chi connectivity index (χ0n) is 14.8. The van der Waals surface area contributed by atoms with Crippen LogP contribution in [-0.2, 0) is 6.54 Å². The van der Waals surface area contributed by atoms with Crippen LogP contribution in [0.1, 0.15) is 18.9 Å². The van der Waals surface area contributed by atoms with Gasteiger partial charge in [-0.1, -0.05) is 29.8 Å². The average molecular weight is 376 g/mol. The van der Waals surface area contributed by atoms with Gasteiger partial charge in [0.05, 0.1) is 6.54 Å². The molecule has 1 atom stereocenters. The third kappa shape index (κ3) is 4.64. The van der Waals surface area contributed by atoms with Crippen LogP contribution < -0.4 is 15.5 Å². The molecule has 5 nitrogen and oxygen atoms in total. The molecular formula is C19H23ClFN5. The van der Waals surface area contributed by atoms with Gasteiger partial charge in [-0.2, -0.15) is 0 Å². The summed E-state index contributed by atoms with van der Waals surface area (Å²) in [6, 6.07) is 10.9. The summed E-state index contributed by atoms with van der Waals surface area (Å²) in [5, 5.41) is 7.40. The molecule has 1 unspecified atom stereocenters. The van der Waals surface area contributed by atoms with Crippen LogP contribution in [0, 0.1) is 5.82 Å². The maximum Gasteiger partial charge on any atom is 0.191 e. The number of hydrogen-bond donors (Lipinski definition) is 2. The number of anilines is 1. The highest BCUT2D eigenvalue weighted by Crippen LogP contribution is 2.21. The van der Waals surface area contributed by atoms with Gasteiger partial charge < -0.3 is 15.5 Å². The van der Waals surface area contributed by atoms with E-state index in [4.69, 9.17) is 11.6 Å². The fourth-order valence-electron chi connectivity index (χ4n) is 2.98. The minimum absolute atomic E-state index is 0.181. The van der Waals surface area contributed by atoms with Crippen molar-refractivity contribution in [2.45, 2.75) is 25.9 Å². The second kappa shape index (κ2) is 8.85. The second-order valence-corrected chi connectivity index (χ2v) is 6.58. The van der Waals surface area contributed by atoms with Gasteiger partial charge in [0.1, 0.15) is 0 Å². The molecule has 0 aliphatic carbocycles. The minimum Gasteiger partial charge on any atom is -0.357 e. The Kier molecular flexibility index (Phi) is 6.28. The molecule has 0 spiro atoms. The lowest BCUT2D eigenvalue weighted by atomic mass is 10.2. The number of hydrogen-bond acceptors (Lipinski definition) is 3. The molecule has 1 aromatic heterocycles. The van der Waals surface area contributed by atoms with Crippen LogP contribution in [0.15, 0.2) is 47.6 Å². The normalized spacial score (nSPS) is 17.4. The molecule has 0 bridgehead atoms. The molecule has 1 saturated heterocycles. The lowest BCUT2D eigenvalue weighted by Gasteiger charge is -2.20. The van der Waals surface area contributed by atoms with E-state index >= 15 is 0 Å². The van der Waals surface area contributed by atoms with Gasteiger partial charge in [0.2, 0.25) is 0 Å². The lowest BCUT2D eigenvalue weighted by Crippen LogP contribution is -2.44. The fourth-order valence-corrected chi connectivity index (χ4v) is 3.18. The maximum absolute atomic E-state index is 13.9. The van der Waals surface area contributed by atoms with E-state index in [1.165, 1.54) is 6.07 Å². The lowest BCUT2D eigenvalue weighted by molar-refractivity contribution is 0.612. The van der Waals surface area contributed by atoms with Crippen LogP contribution in [-0.4, -0.2) is 36.6 Å². The minimum atomic E-state index is -0.285. The largest absolute Gasteiger partial charge is 0.357 e. The number of nitrogens with zero attached hydrogens (tertiary/aromatic N) is 3. The van der Waals surface area contributed by atoms with Gasteiger partial charge in [-0.15, -0.1) is 0 Å². The Balaban J connectivity index is 1.63. The Labute approximate surface area is 158 Å². The summed E-state index contributed by atoms with van der Waals surface area (Å²) in [5.74, 6) is 0.864. The van der Waals surface area contributed by atoms with Gasteiger partial charge in [-0.3, -0.25) is 0 Å². The Morgan fingerprint density at radius 1 is 1.35 bits per heavy atom. The van der Waals surface area contributed by atoms with Crippen molar-refractivity contribution in [2.24, 2.45) is 4.99 Å². The van der Waals surface area contributed by atoms with Gasteiger partial charge >= 0.3 is 0 Å². The average Bonchev–Trinajstić information content (AvgIpc) is 3.10. The van der Waals surface area contributed by atoms with E-state index in [1.807, 2.05) is 36.1 Å². The van der Waals surface area contributed by atoms with Crippen molar-refractivity contribution >= 4 is 23.4 Å². The summed E-state index contributed by atoms with van der Waals surface area (Å²) in [5.41, 5.74) is 0.981. The van der Waals surface area contributed by atoms with E-state index in [-0.39, 0.29) is 11.9 Å². The first-order valence-corrected chi connectivity index (χ1v) is 9.19. The predicted molar refractivity (Wildman–Crippen MR) is 104 cm³/mol. The quantitative estimate of drug-likeness (QED) is 0.622. The number of guanidine groups is 1. The van der Waals surface area contributed by atoms with Crippen molar-refractivity contribution in [3.05, 3.63) is 59.0 Å². The summed E-state index contributed by atoms with van der Waals surface area (Å²) in [6.07, 6.45) is 2.51. The van der Waals surface area contributed by atoms with Crippen LogP contribution in [0.5, 0.6) is 0 Å². The monoisotopic (exact) mass is 375 g/mol. The van der Waals surface area contributed by atoms with Crippen molar-refractivity contribution < 1.29 is 4.39 Å². The van der Waals surface area contributed by atoms with Crippen LogP contribution in [0.25, 0.3) is 0 Å². The molecular weight excluding hydrogens is 353 g/mol. The fraction of sp³-hybridized carbons (Fsp3) is 0.368. The molecule has 2 aromatic rings. The Morgan fingerprint density at radius 3 is 2.96 bits per heavy atom. The first kappa shape index (κ1) is 18.5. The molecule has 1 aromatic carbocycles. The molecule has 2 N–H and O–H groups in total. The van der Waals surface area contributed by atoms with Crippen molar-refractivity contribution in [3.8, 4) is 0 Å². The van der Waals surface area contributed by atoms with Crippen molar-refractivity contribution in [1.82, 2.24) is 15.6 Å². The molecule has 1 aliphatic rings. The molecule has 0 amide bonds. The van der Waals surface area contributed by atoms with Crippen LogP contribution >= 0.6 is 11.6 Å². The molecule has 1 aliphatic heterocycles. The summed E-state index contributed by atoms with van der Waals surface area (Å²) in [7, 11) is 0. The SMILES string of the molecule is CCNC(=NCc1ccccc1Cl)NC1CCN(c2ncccc2F)C1. The molecule has 26 heavy (non-hydrogen) atoms. The summed E-state index contributed by atoms with van der Waals surface area (Å²) in [4.78, 5) is 10.7. The summed E-state index contributed by atoms with van der Waals surface area (Å²) >= 11 is 6.20. The number of halogens is 2. The number of benzene rings is 1. The van der Waals surface area contributed by atoms with Crippen molar-refractivity contribution in [1.29, 1.82) is 0 Å². The van der Waals surface area contributed by atoms with Crippen LogP contribution in [0.2, 0.25) is 5.02 Å². The van der Waals surface area contributed by atoms with Crippen LogP contribution in [0.4, 0.5) is 10.2 Å². The molecule has 7 heteroatoms. The summed E-state index contributed by atoms with van der Waals surface area (Å²) in [6.45, 7) is 4.73. The van der Waals surface area contributed by atoms with Gasteiger partial charge in [0.15, 0.2) is 17.6 Å². The topological polar surface area (TPSA) is 52.6 Å². The first-order chi connectivity index (χ1) is 12.7. The molecule has 138 valence electrons. The van der Waals surface area contributed by atoms with Gasteiger partial charge in [-0.25, -0.2) is 14.4 Å². The molecule has 0 radical (unpaired) electrons. The number of aliphatic imine (C=N–C) groups is 1. The number of aromatic nitrogens is 1. The Bertz CT molecular complexity index is 767. The molecule has 0 saturated carbocycles. The Hall–Kier alpha value is -2.34. The standard InChI is InChI=1S/C19H23ClFN5/c1-2-22-19(24-12-14-6-3-4-7-16(14)20)25-15-9-11-26(13-15)18-17(21)8-5-10-23-18/h3-8,10,15H,2,9,11-13H2,1H3,(H2,22,24,25). The maximum atomic E-state index is 13.9. The highest BCUT2D eigenvalue weighted by molar-refractivity contribution is 6.31. The zero-order valence-corrected chi connectivity index (χ0v) is 15.5. The number of nitrogens with one attached hydrogen (secondary N) is 2. The Morgan fingerprint density at radius 2 is 2.19 bits per heavy atom. The van der Waals surface area contributed by atoms with E-state index in [9.17, 15) is 4.39 Å². The van der Waals surface area contributed by atoms with Gasteiger partial charge in [0.25, 0.3) is 0 Å². The molecule has 2 heterocycles. The smallest absolute Gasteiger partial charge is 0.191 e. The van der Waals surface area contributed by atoms with E-state index in [2.05, 4.69) is 20.6 Å². The first-order valence-electron chi connectivity index (χ1n) is 8.81. The third-order valence-electron chi connectivity index (χ3n) is 4.28. The predicted octanol–water partition coefficient (Wildman–Crippen LogP) is 3.21. The third-order valence-corrected chi connectivity index (χ3v) is 4.65. The zero-order chi connectivity index (χ0) is 18.4. The van der Waals surface area contributed by atoms with Gasteiger partial charge in [-0.05, 0) is 37.1 Å². The van der Waals surface area contributed by atoms with Crippen molar-refractivity contribution in [3.63, 3.8) is 0 Å². The summed E-state index contributed by atoms with van der Waals surface area (Å²) < 4.78 is 13.9. The van der Waals surface area contributed by atoms with Crippen LogP contribution in [0.3, 0.4) is 0 Å². The van der Waals surface area contributed by atoms with Gasteiger partial charge in [0, 0.05) is 36.9 Å².